The van der Waals surface area contributed by atoms with Crippen molar-refractivity contribution in [3.05, 3.63) is 51.8 Å². The van der Waals surface area contributed by atoms with Crippen molar-refractivity contribution >= 4 is 45.2 Å². The van der Waals surface area contributed by atoms with E-state index in [4.69, 9.17) is 28.5 Å². The second-order valence-corrected chi connectivity index (χ2v) is 11.5. The molecule has 186 valence electrons. The Labute approximate surface area is 214 Å². The molecule has 1 aromatic carbocycles. The second kappa shape index (κ2) is 10.5. The van der Waals surface area contributed by atoms with Gasteiger partial charge in [0, 0.05) is 57.6 Å². The van der Waals surface area contributed by atoms with Gasteiger partial charge in [-0.25, -0.2) is 23.2 Å². The van der Waals surface area contributed by atoms with E-state index in [1.54, 1.807) is 15.9 Å². The van der Waals surface area contributed by atoms with Crippen molar-refractivity contribution in [2.45, 2.75) is 5.92 Å². The number of halogens is 2. The number of carbonyl (C=O) groups is 1. The number of likely N-dealkylation sites (tertiary alicyclic amines) is 1. The van der Waals surface area contributed by atoms with Crippen LogP contribution in [-0.2, 0) is 10.0 Å². The molecule has 2 fully saturated rings. The van der Waals surface area contributed by atoms with Gasteiger partial charge in [-0.1, -0.05) is 29.3 Å². The summed E-state index contributed by atoms with van der Waals surface area (Å²) in [7, 11) is -3.27. The van der Waals surface area contributed by atoms with E-state index in [1.807, 2.05) is 18.2 Å². The molecule has 0 spiro atoms. The van der Waals surface area contributed by atoms with Gasteiger partial charge in [0.2, 0.25) is 16.0 Å². The van der Waals surface area contributed by atoms with Crippen LogP contribution >= 0.6 is 23.2 Å². The number of carbonyl (C=O) groups excluding carboxylic acids is 1. The number of hydrogen-bond acceptors (Lipinski definition) is 7. The van der Waals surface area contributed by atoms with Gasteiger partial charge in [-0.2, -0.15) is 9.57 Å². The Bertz CT molecular complexity index is 1230. The maximum Gasteiger partial charge on any atom is 0.320 e. The molecule has 4 rings (SSSR count). The van der Waals surface area contributed by atoms with Crippen molar-refractivity contribution < 1.29 is 13.2 Å². The molecule has 2 aliphatic heterocycles. The number of nitrogens with zero attached hydrogens (tertiary/aromatic N) is 6. The van der Waals surface area contributed by atoms with Gasteiger partial charge in [0.25, 0.3) is 0 Å². The summed E-state index contributed by atoms with van der Waals surface area (Å²) in [6.45, 7) is 2.76. The summed E-state index contributed by atoms with van der Waals surface area (Å²) < 4.78 is 25.0. The zero-order chi connectivity index (χ0) is 25.2. The maximum absolute atomic E-state index is 13.3. The Morgan fingerprint density at radius 1 is 1.11 bits per heavy atom. The number of anilines is 1. The van der Waals surface area contributed by atoms with Crippen LogP contribution in [0.3, 0.4) is 0 Å². The van der Waals surface area contributed by atoms with E-state index in [0.29, 0.717) is 54.3 Å². The fraction of sp³-hybridized carbons (Fsp3) is 0.455. The van der Waals surface area contributed by atoms with Gasteiger partial charge in [0.05, 0.1) is 34.3 Å². The van der Waals surface area contributed by atoms with Gasteiger partial charge in [0.1, 0.15) is 6.07 Å². The van der Waals surface area contributed by atoms with Gasteiger partial charge in [-0.05, 0) is 17.7 Å². The first kappa shape index (κ1) is 25.4. The van der Waals surface area contributed by atoms with Crippen LogP contribution < -0.4 is 5.32 Å². The number of piperazine rings is 1. The van der Waals surface area contributed by atoms with E-state index in [0.717, 1.165) is 5.56 Å². The summed E-state index contributed by atoms with van der Waals surface area (Å²) in [5, 5.41) is 13.1. The average molecular weight is 538 g/mol. The van der Waals surface area contributed by atoms with E-state index in [1.165, 1.54) is 23.0 Å². The van der Waals surface area contributed by atoms with Crippen molar-refractivity contribution in [3.63, 3.8) is 0 Å². The predicted octanol–water partition coefficient (Wildman–Crippen LogP) is 2.48. The fourth-order valence-corrected chi connectivity index (χ4v) is 5.60. The Balaban J connectivity index is 1.48. The van der Waals surface area contributed by atoms with Gasteiger partial charge in [-0.15, -0.1) is 0 Å². The number of sulfonamides is 1. The van der Waals surface area contributed by atoms with Gasteiger partial charge in [-0.3, -0.25) is 0 Å². The number of urea groups is 1. The van der Waals surface area contributed by atoms with E-state index in [9.17, 15) is 13.2 Å². The lowest BCUT2D eigenvalue weighted by Crippen LogP contribution is -2.53. The highest BCUT2D eigenvalue weighted by Gasteiger charge is 2.39. The molecule has 35 heavy (non-hydrogen) atoms. The van der Waals surface area contributed by atoms with Crippen LogP contribution in [0.1, 0.15) is 17.0 Å². The monoisotopic (exact) mass is 537 g/mol. The molecule has 2 amide bonds. The first-order chi connectivity index (χ1) is 16.7. The molecule has 0 bridgehead atoms. The van der Waals surface area contributed by atoms with Crippen LogP contribution in [0.5, 0.6) is 0 Å². The van der Waals surface area contributed by atoms with Gasteiger partial charge >= 0.3 is 6.03 Å². The highest BCUT2D eigenvalue weighted by molar-refractivity contribution is 7.88. The van der Waals surface area contributed by atoms with Crippen LogP contribution in [0.15, 0.2) is 30.6 Å². The van der Waals surface area contributed by atoms with Crippen molar-refractivity contribution in [1.29, 1.82) is 5.26 Å². The molecule has 0 aliphatic carbocycles. The zero-order valence-electron chi connectivity index (χ0n) is 19.1. The highest BCUT2D eigenvalue weighted by atomic mass is 35.5. The Hall–Kier alpha value is -2.65. The SMILES string of the molecule is CS(=O)(=O)N1CCN(C(=O)N2CC(CNc3ncc(C#N)cn3)[C@@H](c3ccc(Cl)c(Cl)c3)C2)CC1. The van der Waals surface area contributed by atoms with Crippen LogP contribution in [-0.4, -0.2) is 90.6 Å². The number of aromatic nitrogens is 2. The molecule has 2 atom stereocenters. The summed E-state index contributed by atoms with van der Waals surface area (Å²) in [6, 6.07) is 7.38. The Kier molecular flexibility index (Phi) is 7.66. The second-order valence-electron chi connectivity index (χ2n) is 8.66. The summed E-state index contributed by atoms with van der Waals surface area (Å²) in [5.41, 5.74) is 1.35. The molecule has 1 N–H and O–H groups in total. The summed E-state index contributed by atoms with van der Waals surface area (Å²) >= 11 is 12.4. The first-order valence-electron chi connectivity index (χ1n) is 11.1. The molecule has 10 nitrogen and oxygen atoms in total. The van der Waals surface area contributed by atoms with E-state index in [2.05, 4.69) is 15.3 Å². The lowest BCUT2D eigenvalue weighted by Gasteiger charge is -2.35. The van der Waals surface area contributed by atoms with Crippen LogP contribution in [0.2, 0.25) is 10.0 Å². The third-order valence-electron chi connectivity index (χ3n) is 6.36. The van der Waals surface area contributed by atoms with Crippen molar-refractivity contribution in [3.8, 4) is 6.07 Å². The number of amides is 2. The molecule has 2 aliphatic rings. The van der Waals surface area contributed by atoms with Crippen LogP contribution in [0.4, 0.5) is 10.7 Å². The number of nitriles is 1. The Morgan fingerprint density at radius 2 is 1.80 bits per heavy atom. The highest BCUT2D eigenvalue weighted by Crippen LogP contribution is 2.36. The minimum atomic E-state index is -3.27. The molecular formula is C22H25Cl2N7O3S. The smallest absolute Gasteiger partial charge is 0.320 e. The van der Waals surface area contributed by atoms with Crippen LogP contribution in [0.25, 0.3) is 0 Å². The molecular weight excluding hydrogens is 513 g/mol. The van der Waals surface area contributed by atoms with Crippen molar-refractivity contribution in [2.75, 3.05) is 57.4 Å². The average Bonchev–Trinajstić information content (AvgIpc) is 3.28. The number of benzene rings is 1. The van der Waals surface area contributed by atoms with E-state index in [-0.39, 0.29) is 31.0 Å². The standard InChI is InChI=1S/C22H25Cl2N7O3S/c1-35(33,34)31-6-4-29(5-7-31)22(32)30-13-17(12-28-21-26-10-15(9-25)11-27-21)18(14-30)16-2-3-19(23)20(24)8-16/h2-3,8,10-11,17-18H,4-7,12-14H2,1H3,(H,26,27,28)/t17?,18-/m1/s1. The first-order valence-corrected chi connectivity index (χ1v) is 13.7. The largest absolute Gasteiger partial charge is 0.354 e. The molecule has 3 heterocycles. The minimum absolute atomic E-state index is 0.00286. The van der Waals surface area contributed by atoms with Crippen molar-refractivity contribution in [2.24, 2.45) is 5.92 Å². The zero-order valence-corrected chi connectivity index (χ0v) is 21.4. The molecule has 0 radical (unpaired) electrons. The fourth-order valence-electron chi connectivity index (χ4n) is 4.47. The Morgan fingerprint density at radius 3 is 2.40 bits per heavy atom. The third-order valence-corrected chi connectivity index (χ3v) is 8.41. The predicted molar refractivity (Wildman–Crippen MR) is 133 cm³/mol. The van der Waals surface area contributed by atoms with E-state index >= 15 is 0 Å². The van der Waals surface area contributed by atoms with Crippen LogP contribution in [0, 0.1) is 17.2 Å². The normalized spacial score (nSPS) is 21.1. The number of rotatable bonds is 5. The maximum atomic E-state index is 13.3. The molecule has 1 aromatic heterocycles. The molecule has 2 aromatic rings. The van der Waals surface area contributed by atoms with Crippen molar-refractivity contribution in [1.82, 2.24) is 24.1 Å². The summed E-state index contributed by atoms with van der Waals surface area (Å²) in [5.74, 6) is 0.434. The minimum Gasteiger partial charge on any atom is -0.354 e. The third kappa shape index (κ3) is 5.95. The number of nitrogens with one attached hydrogen (secondary N) is 1. The topological polar surface area (TPSA) is 123 Å². The molecule has 1 unspecified atom stereocenters. The lowest BCUT2D eigenvalue weighted by atomic mass is 9.89. The molecule has 13 heteroatoms. The lowest BCUT2D eigenvalue weighted by molar-refractivity contribution is 0.141. The molecule has 2 saturated heterocycles. The van der Waals surface area contributed by atoms with Gasteiger partial charge < -0.3 is 15.1 Å². The van der Waals surface area contributed by atoms with Gasteiger partial charge in [0.15, 0.2) is 0 Å². The quantitative estimate of drug-likeness (QED) is 0.621. The van der Waals surface area contributed by atoms with E-state index < -0.39 is 10.0 Å². The summed E-state index contributed by atoms with van der Waals surface area (Å²) in [6.07, 6.45) is 4.08. The molecule has 0 saturated carbocycles. The summed E-state index contributed by atoms with van der Waals surface area (Å²) in [4.78, 5) is 25.1. The number of hydrogen-bond donors (Lipinski definition) is 1.